The standard InChI is InChI=1S/C10H21FN2.C2H6/c1-3-5-13(2)6-4-10-7-9(11)8-12-10;1-2/h9-10,12H,3-8H2,1-2H3;1-2H3. The number of nitrogens with zero attached hydrogens (tertiary/aromatic N) is 1. The molecule has 1 aliphatic heterocycles. The fourth-order valence-corrected chi connectivity index (χ4v) is 1.86. The van der Waals surface area contributed by atoms with E-state index in [1.165, 1.54) is 6.42 Å². The highest BCUT2D eigenvalue weighted by molar-refractivity contribution is 4.81. The molecule has 2 nitrogen and oxygen atoms in total. The minimum absolute atomic E-state index is 0.411. The zero-order chi connectivity index (χ0) is 11.7. The second-order valence-corrected chi connectivity index (χ2v) is 4.03. The van der Waals surface area contributed by atoms with Gasteiger partial charge in [-0.3, -0.25) is 0 Å². The van der Waals surface area contributed by atoms with E-state index in [4.69, 9.17) is 0 Å². The molecular weight excluding hydrogens is 191 g/mol. The molecule has 15 heavy (non-hydrogen) atoms. The van der Waals surface area contributed by atoms with Gasteiger partial charge in [0.15, 0.2) is 0 Å². The van der Waals surface area contributed by atoms with E-state index >= 15 is 0 Å². The Hall–Kier alpha value is -0.150. The number of hydrogen-bond donors (Lipinski definition) is 1. The van der Waals surface area contributed by atoms with Gasteiger partial charge in [0, 0.05) is 12.6 Å². The van der Waals surface area contributed by atoms with E-state index < -0.39 is 6.17 Å². The molecule has 92 valence electrons. The van der Waals surface area contributed by atoms with Crippen LogP contribution < -0.4 is 5.32 Å². The molecule has 2 unspecified atom stereocenters. The van der Waals surface area contributed by atoms with E-state index in [2.05, 4.69) is 24.2 Å². The summed E-state index contributed by atoms with van der Waals surface area (Å²) in [6.45, 7) is 8.97. The molecule has 0 saturated carbocycles. The summed E-state index contributed by atoms with van der Waals surface area (Å²) in [5.74, 6) is 0. The Labute approximate surface area is 94.2 Å². The molecule has 1 fully saturated rings. The van der Waals surface area contributed by atoms with Crippen molar-refractivity contribution in [2.24, 2.45) is 0 Å². The number of rotatable bonds is 5. The fourth-order valence-electron chi connectivity index (χ4n) is 1.86. The Balaban J connectivity index is 0.000000921. The van der Waals surface area contributed by atoms with Gasteiger partial charge >= 0.3 is 0 Å². The van der Waals surface area contributed by atoms with Crippen molar-refractivity contribution in [3.05, 3.63) is 0 Å². The average molecular weight is 218 g/mol. The van der Waals surface area contributed by atoms with Crippen LogP contribution in [0.3, 0.4) is 0 Å². The summed E-state index contributed by atoms with van der Waals surface area (Å²) in [7, 11) is 2.13. The first-order valence-electron chi connectivity index (χ1n) is 6.28. The van der Waals surface area contributed by atoms with E-state index in [1.807, 2.05) is 13.8 Å². The van der Waals surface area contributed by atoms with Gasteiger partial charge in [-0.15, -0.1) is 0 Å². The molecule has 0 aromatic rings. The lowest BCUT2D eigenvalue weighted by atomic mass is 10.1. The van der Waals surface area contributed by atoms with Gasteiger partial charge in [-0.2, -0.15) is 0 Å². The molecule has 1 aliphatic rings. The topological polar surface area (TPSA) is 15.3 Å². The van der Waals surface area contributed by atoms with Crippen molar-refractivity contribution in [2.45, 2.75) is 52.2 Å². The number of nitrogens with one attached hydrogen (secondary N) is 1. The Bertz CT molecular complexity index is 142. The van der Waals surface area contributed by atoms with Gasteiger partial charge in [-0.05, 0) is 39.4 Å². The van der Waals surface area contributed by atoms with Gasteiger partial charge in [0.05, 0.1) is 0 Å². The zero-order valence-electron chi connectivity index (χ0n) is 10.7. The lowest BCUT2D eigenvalue weighted by Crippen LogP contribution is -2.28. The van der Waals surface area contributed by atoms with Crippen molar-refractivity contribution in [3.8, 4) is 0 Å². The van der Waals surface area contributed by atoms with Crippen molar-refractivity contribution in [1.29, 1.82) is 0 Å². The van der Waals surface area contributed by atoms with Crippen molar-refractivity contribution >= 4 is 0 Å². The molecule has 0 spiro atoms. The van der Waals surface area contributed by atoms with Crippen LogP contribution in [-0.4, -0.2) is 43.8 Å². The normalized spacial score (nSPS) is 25.2. The highest BCUT2D eigenvalue weighted by atomic mass is 19.1. The summed E-state index contributed by atoms with van der Waals surface area (Å²) >= 11 is 0. The SMILES string of the molecule is CC.CCCN(C)CCC1CC(F)CN1. The maximum atomic E-state index is 12.8. The van der Waals surface area contributed by atoms with Crippen molar-refractivity contribution in [2.75, 3.05) is 26.7 Å². The fraction of sp³-hybridized carbons (Fsp3) is 1.00. The molecule has 1 saturated heterocycles. The minimum Gasteiger partial charge on any atom is -0.311 e. The van der Waals surface area contributed by atoms with E-state index in [1.54, 1.807) is 0 Å². The molecular formula is C12H27FN2. The first kappa shape index (κ1) is 14.8. The maximum Gasteiger partial charge on any atom is 0.114 e. The minimum atomic E-state index is -0.610. The lowest BCUT2D eigenvalue weighted by Gasteiger charge is -2.17. The van der Waals surface area contributed by atoms with Crippen molar-refractivity contribution < 1.29 is 4.39 Å². The summed E-state index contributed by atoms with van der Waals surface area (Å²) in [4.78, 5) is 2.31. The van der Waals surface area contributed by atoms with E-state index in [0.717, 1.165) is 19.5 Å². The summed E-state index contributed by atoms with van der Waals surface area (Å²) in [6, 6.07) is 0.411. The van der Waals surface area contributed by atoms with Gasteiger partial charge in [0.25, 0.3) is 0 Å². The van der Waals surface area contributed by atoms with Crippen LogP contribution in [0.4, 0.5) is 4.39 Å². The molecule has 0 radical (unpaired) electrons. The van der Waals surface area contributed by atoms with Gasteiger partial charge in [-0.1, -0.05) is 20.8 Å². The molecule has 2 atom stereocenters. The quantitative estimate of drug-likeness (QED) is 0.762. The Morgan fingerprint density at radius 3 is 2.47 bits per heavy atom. The van der Waals surface area contributed by atoms with Gasteiger partial charge in [0.2, 0.25) is 0 Å². The Morgan fingerprint density at radius 2 is 2.00 bits per heavy atom. The van der Waals surface area contributed by atoms with Crippen LogP contribution in [0, 0.1) is 0 Å². The summed E-state index contributed by atoms with van der Waals surface area (Å²) in [6.07, 6.45) is 2.37. The maximum absolute atomic E-state index is 12.8. The van der Waals surface area contributed by atoms with Crippen LogP contribution in [0.5, 0.6) is 0 Å². The molecule has 3 heteroatoms. The Morgan fingerprint density at radius 1 is 1.33 bits per heavy atom. The number of halogens is 1. The van der Waals surface area contributed by atoms with E-state index in [9.17, 15) is 4.39 Å². The van der Waals surface area contributed by atoms with Gasteiger partial charge in [0.1, 0.15) is 6.17 Å². The second-order valence-electron chi connectivity index (χ2n) is 4.03. The van der Waals surface area contributed by atoms with Crippen LogP contribution in [0.1, 0.15) is 40.0 Å². The van der Waals surface area contributed by atoms with Crippen molar-refractivity contribution in [1.82, 2.24) is 10.2 Å². The second kappa shape index (κ2) is 9.10. The van der Waals surface area contributed by atoms with Crippen LogP contribution >= 0.6 is 0 Å². The molecule has 0 bridgehead atoms. The lowest BCUT2D eigenvalue weighted by molar-refractivity contribution is 0.306. The van der Waals surface area contributed by atoms with Crippen molar-refractivity contribution in [3.63, 3.8) is 0 Å². The van der Waals surface area contributed by atoms with E-state index in [-0.39, 0.29) is 0 Å². The van der Waals surface area contributed by atoms with E-state index in [0.29, 0.717) is 19.0 Å². The summed E-state index contributed by atoms with van der Waals surface area (Å²) in [5.41, 5.74) is 0. The summed E-state index contributed by atoms with van der Waals surface area (Å²) in [5, 5.41) is 3.20. The first-order valence-corrected chi connectivity index (χ1v) is 6.28. The number of hydrogen-bond acceptors (Lipinski definition) is 2. The largest absolute Gasteiger partial charge is 0.311 e. The van der Waals surface area contributed by atoms with Crippen LogP contribution in [0.15, 0.2) is 0 Å². The van der Waals surface area contributed by atoms with Gasteiger partial charge in [-0.25, -0.2) is 4.39 Å². The van der Waals surface area contributed by atoms with Gasteiger partial charge < -0.3 is 10.2 Å². The third-order valence-corrected chi connectivity index (χ3v) is 2.63. The molecule has 0 amide bonds. The first-order chi connectivity index (χ1) is 7.22. The third kappa shape index (κ3) is 6.85. The monoisotopic (exact) mass is 218 g/mol. The predicted molar refractivity (Wildman–Crippen MR) is 65.1 cm³/mol. The molecule has 0 aliphatic carbocycles. The highest BCUT2D eigenvalue weighted by Crippen LogP contribution is 2.12. The van der Waals surface area contributed by atoms with Crippen LogP contribution in [0.2, 0.25) is 0 Å². The average Bonchev–Trinajstić information content (AvgIpc) is 2.65. The van der Waals surface area contributed by atoms with Crippen LogP contribution in [0.25, 0.3) is 0 Å². The zero-order valence-corrected chi connectivity index (χ0v) is 10.7. The molecule has 0 aromatic carbocycles. The highest BCUT2D eigenvalue weighted by Gasteiger charge is 2.22. The molecule has 1 rings (SSSR count). The Kier molecular flexibility index (Phi) is 9.01. The molecule has 1 heterocycles. The summed E-state index contributed by atoms with van der Waals surface area (Å²) < 4.78 is 12.8. The molecule has 1 N–H and O–H groups in total. The molecule has 0 aromatic heterocycles. The smallest absolute Gasteiger partial charge is 0.114 e. The predicted octanol–water partition coefficient (Wildman–Crippen LogP) is 2.44. The van der Waals surface area contributed by atoms with Crippen LogP contribution in [-0.2, 0) is 0 Å². The number of alkyl halides is 1. The third-order valence-electron chi connectivity index (χ3n) is 2.63.